The van der Waals surface area contributed by atoms with Crippen LogP contribution in [0.1, 0.15) is 125 Å². The van der Waals surface area contributed by atoms with Crippen molar-refractivity contribution in [3.63, 3.8) is 0 Å². The molecule has 2 unspecified atom stereocenters. The van der Waals surface area contributed by atoms with E-state index in [1.807, 2.05) is 58.1 Å². The third-order valence-corrected chi connectivity index (χ3v) is 14.1. The number of hydrogen-bond acceptors (Lipinski definition) is 9. The number of thioether (sulfide) groups is 2. The van der Waals surface area contributed by atoms with Crippen LogP contribution in [0, 0.1) is 0 Å². The molecule has 0 rings (SSSR count). The minimum atomic E-state index is -2.75. The maximum absolute atomic E-state index is 10.9. The number of hydrogen-bond donors (Lipinski definition) is 1. The molecule has 0 aromatic rings. The minimum absolute atomic E-state index is 0. The summed E-state index contributed by atoms with van der Waals surface area (Å²) >= 11 is 3.91. The van der Waals surface area contributed by atoms with Gasteiger partial charge in [0.2, 0.25) is 0 Å². The molecule has 0 aromatic carbocycles. The molecular formula is C31H79NO6S6. The highest BCUT2D eigenvalue weighted by molar-refractivity contribution is 7.99. The number of sulfone groups is 2. The van der Waals surface area contributed by atoms with Gasteiger partial charge in [0.05, 0.1) is 16.3 Å². The first-order valence-electron chi connectivity index (χ1n) is 14.8. The fourth-order valence-electron chi connectivity index (χ4n) is 1.23. The summed E-state index contributed by atoms with van der Waals surface area (Å²) in [5.74, 6) is 2.28. The molecule has 44 heavy (non-hydrogen) atoms. The summed E-state index contributed by atoms with van der Waals surface area (Å²) in [6, 6.07) is 0. The van der Waals surface area contributed by atoms with Crippen LogP contribution in [-0.2, 0) is 41.3 Å². The first-order chi connectivity index (χ1) is 18.8. The largest absolute Gasteiger partial charge is 0.330 e. The summed E-state index contributed by atoms with van der Waals surface area (Å²) in [5.41, 5.74) is 5.17. The predicted octanol–water partition coefficient (Wildman–Crippen LogP) is 8.10. The molecule has 0 aliphatic rings. The van der Waals surface area contributed by atoms with Crippen LogP contribution in [0.2, 0.25) is 0 Å². The van der Waals surface area contributed by atoms with E-state index in [2.05, 4.69) is 40.9 Å². The van der Waals surface area contributed by atoms with Gasteiger partial charge < -0.3 is 5.73 Å². The Kier molecular flexibility index (Phi) is 57.8. The number of nitrogens with two attached hydrogens (primary N) is 1. The maximum Gasteiger partial charge on any atom is 0.152 e. The molecule has 0 fully saturated rings. The second kappa shape index (κ2) is 40.0. The Hall–Kier alpha value is 0.860. The Balaban J connectivity index is -0.0000000589. The van der Waals surface area contributed by atoms with Gasteiger partial charge in [0.15, 0.2) is 9.84 Å². The van der Waals surface area contributed by atoms with E-state index in [4.69, 9.17) is 5.73 Å². The Morgan fingerprint density at radius 2 is 1.05 bits per heavy atom. The zero-order chi connectivity index (χ0) is 35.3. The zero-order valence-electron chi connectivity index (χ0n) is 30.2. The number of rotatable bonds is 12. The smallest absolute Gasteiger partial charge is 0.152 e. The summed E-state index contributed by atoms with van der Waals surface area (Å²) in [4.78, 5) is 0. The van der Waals surface area contributed by atoms with Crippen LogP contribution in [-0.4, -0.2) is 99.3 Å². The van der Waals surface area contributed by atoms with Crippen molar-refractivity contribution in [2.24, 2.45) is 5.73 Å². The SMILES string of the molecule is C.C.CC(C)S(=O)CCN.CC(C)S(C)(=O)=O.CC(C)S(C)=O.CCCS(=O)(=O)C(C)C.CCCSC(C)C.CSC(C)C. The van der Waals surface area contributed by atoms with E-state index < -0.39 is 41.3 Å². The topological polar surface area (TPSA) is 128 Å². The summed E-state index contributed by atoms with van der Waals surface area (Å²) in [6.45, 7) is 28.0. The van der Waals surface area contributed by atoms with E-state index in [1.165, 1.54) is 18.4 Å². The van der Waals surface area contributed by atoms with Crippen molar-refractivity contribution < 1.29 is 25.3 Å². The van der Waals surface area contributed by atoms with Gasteiger partial charge in [-0.2, -0.15) is 23.5 Å². The van der Waals surface area contributed by atoms with Crippen LogP contribution in [0.15, 0.2) is 0 Å². The minimum Gasteiger partial charge on any atom is -0.330 e. The van der Waals surface area contributed by atoms with Gasteiger partial charge in [-0.05, 0) is 63.0 Å². The molecule has 0 saturated heterocycles. The lowest BCUT2D eigenvalue weighted by Crippen LogP contribution is -2.16. The van der Waals surface area contributed by atoms with Gasteiger partial charge in [-0.1, -0.05) is 84.1 Å². The van der Waals surface area contributed by atoms with Crippen LogP contribution in [0.5, 0.6) is 0 Å². The molecule has 7 nitrogen and oxygen atoms in total. The molecule has 13 heteroatoms. The molecule has 0 bridgehead atoms. The molecule has 0 amide bonds. The second-order valence-electron chi connectivity index (χ2n) is 11.0. The normalized spacial score (nSPS) is 12.0. The first kappa shape index (κ1) is 63.5. The molecule has 0 aliphatic heterocycles. The average Bonchev–Trinajstić information content (AvgIpc) is 2.84. The molecule has 280 valence electrons. The van der Waals surface area contributed by atoms with Crippen molar-refractivity contribution in [3.05, 3.63) is 0 Å². The lowest BCUT2D eigenvalue weighted by Gasteiger charge is -2.03. The molecule has 2 atom stereocenters. The summed E-state index contributed by atoms with van der Waals surface area (Å²) < 4.78 is 63.6. The highest BCUT2D eigenvalue weighted by Crippen LogP contribution is 2.08. The average molecular weight is 754 g/mol. The van der Waals surface area contributed by atoms with Gasteiger partial charge in [0.25, 0.3) is 0 Å². The fraction of sp³-hybridized carbons (Fsp3) is 1.00. The summed E-state index contributed by atoms with van der Waals surface area (Å²) in [5, 5.41) is 1.77. The lowest BCUT2D eigenvalue weighted by molar-refractivity contribution is 0.585. The maximum atomic E-state index is 10.9. The third kappa shape index (κ3) is 65.5. The van der Waals surface area contributed by atoms with Gasteiger partial charge in [-0.3, -0.25) is 8.42 Å². The quantitative estimate of drug-likeness (QED) is 0.210. The van der Waals surface area contributed by atoms with Gasteiger partial charge in [0.1, 0.15) is 9.84 Å². The lowest BCUT2D eigenvalue weighted by atomic mass is 10.6. The van der Waals surface area contributed by atoms with Crippen LogP contribution in [0.25, 0.3) is 0 Å². The van der Waals surface area contributed by atoms with Crippen molar-refractivity contribution >= 4 is 64.8 Å². The van der Waals surface area contributed by atoms with Crippen molar-refractivity contribution in [1.29, 1.82) is 0 Å². The predicted molar refractivity (Wildman–Crippen MR) is 216 cm³/mol. The van der Waals surface area contributed by atoms with E-state index in [0.29, 0.717) is 23.3 Å². The van der Waals surface area contributed by atoms with E-state index in [-0.39, 0.29) is 30.6 Å². The summed E-state index contributed by atoms with van der Waals surface area (Å²) in [6.07, 6.45) is 7.09. The summed E-state index contributed by atoms with van der Waals surface area (Å²) in [7, 11) is -6.80. The van der Waals surface area contributed by atoms with Gasteiger partial charge >= 0.3 is 0 Å². The van der Waals surface area contributed by atoms with Gasteiger partial charge in [-0.15, -0.1) is 0 Å². The Morgan fingerprint density at radius 3 is 1.11 bits per heavy atom. The molecule has 0 radical (unpaired) electrons. The Bertz CT molecular complexity index is 812. The molecular weight excluding hydrogens is 675 g/mol. The highest BCUT2D eigenvalue weighted by atomic mass is 32.2. The molecule has 0 heterocycles. The third-order valence-electron chi connectivity index (χ3n) is 4.70. The Labute approximate surface area is 292 Å². The molecule has 0 aromatic heterocycles. The fourth-order valence-corrected chi connectivity index (χ4v) is 3.68. The molecule has 0 saturated carbocycles. The van der Waals surface area contributed by atoms with Crippen molar-refractivity contribution in [3.8, 4) is 0 Å². The first-order valence-corrected chi connectivity index (χ1v) is 23.8. The van der Waals surface area contributed by atoms with E-state index >= 15 is 0 Å². The van der Waals surface area contributed by atoms with Crippen LogP contribution < -0.4 is 5.73 Å². The second-order valence-corrected chi connectivity index (χ2v) is 23.4. The van der Waals surface area contributed by atoms with Crippen LogP contribution >= 0.6 is 23.5 Å². The highest BCUT2D eigenvalue weighted by Gasteiger charge is 2.13. The van der Waals surface area contributed by atoms with Crippen LogP contribution in [0.3, 0.4) is 0 Å². The molecule has 0 aliphatic carbocycles. The van der Waals surface area contributed by atoms with E-state index in [1.54, 1.807) is 34.0 Å². The molecule has 0 spiro atoms. The van der Waals surface area contributed by atoms with Gasteiger partial charge in [0, 0.05) is 56.9 Å². The molecule has 2 N–H and O–H groups in total. The van der Waals surface area contributed by atoms with Crippen molar-refractivity contribution in [2.45, 2.75) is 156 Å². The van der Waals surface area contributed by atoms with Crippen molar-refractivity contribution in [2.75, 3.05) is 42.6 Å². The van der Waals surface area contributed by atoms with Crippen LogP contribution in [0.4, 0.5) is 0 Å². The standard InChI is InChI=1S/C6H14O2S.C6H14S.C5H13NOS.C4H10O2S.C4H10OS.C4H10S.2CH4/c1-4-5-9(7,8)6(2)3;1-4-5-7-6(2)3;1-5(2)8(7)4-3-6;1-4(2)7(3,5)6;1-4(2)6(3)5;1-4(2)5-3;;/h6H,4-5H2,1-3H3;6H,4-5H2,1-3H3;5H,3-4,6H2,1-2H3;4H,1-3H3;4H,1-3H3;4H,1-3H3;2*1H4. The zero-order valence-corrected chi connectivity index (χ0v) is 35.1. The Morgan fingerprint density at radius 1 is 0.705 bits per heavy atom. The monoisotopic (exact) mass is 753 g/mol. The van der Waals surface area contributed by atoms with Crippen molar-refractivity contribution in [1.82, 2.24) is 0 Å². The van der Waals surface area contributed by atoms with Gasteiger partial charge in [-0.25, -0.2) is 16.8 Å². The van der Waals surface area contributed by atoms with E-state index in [9.17, 15) is 25.3 Å². The van der Waals surface area contributed by atoms with E-state index in [0.717, 1.165) is 16.9 Å².